The van der Waals surface area contributed by atoms with Crippen molar-refractivity contribution in [3.05, 3.63) is 60.2 Å². The molecule has 5 rings (SSSR count). The van der Waals surface area contributed by atoms with Gasteiger partial charge in [0.2, 0.25) is 5.91 Å². The highest BCUT2D eigenvalue weighted by Gasteiger charge is 2.65. The van der Waals surface area contributed by atoms with Crippen LogP contribution in [0.4, 0.5) is 5.69 Å². The highest BCUT2D eigenvalue weighted by Crippen LogP contribution is 2.47. The van der Waals surface area contributed by atoms with Crippen molar-refractivity contribution >= 4 is 11.6 Å². The van der Waals surface area contributed by atoms with Crippen LogP contribution >= 0.6 is 0 Å². The second-order valence-electron chi connectivity index (χ2n) is 8.03. The number of carbonyl (C=O) groups is 1. The van der Waals surface area contributed by atoms with Gasteiger partial charge in [-0.3, -0.25) is 15.0 Å². The van der Waals surface area contributed by atoms with Crippen LogP contribution in [0.5, 0.6) is 5.75 Å². The number of carbonyl (C=O) groups excluding carboxylic acids is 1. The van der Waals surface area contributed by atoms with Crippen LogP contribution in [0.25, 0.3) is 0 Å². The van der Waals surface area contributed by atoms with E-state index in [9.17, 15) is 9.90 Å². The standard InChI is InChI=1S/C22H25N3O4/c26-20(24-17-7-2-1-3-8-17)15-21-10-12-25(21)13-11-23-22(21,27)19-14-16-6-4-5-9-18(16)28-29-19/h1-9,19,23,27H,10-15H2,(H,24,26). The van der Waals surface area contributed by atoms with Gasteiger partial charge in [-0.05, 0) is 24.6 Å². The fourth-order valence-electron chi connectivity index (χ4n) is 4.90. The van der Waals surface area contributed by atoms with E-state index in [2.05, 4.69) is 15.5 Å². The Morgan fingerprint density at radius 3 is 2.76 bits per heavy atom. The molecular formula is C22H25N3O4. The van der Waals surface area contributed by atoms with Crippen molar-refractivity contribution in [1.82, 2.24) is 10.2 Å². The van der Waals surface area contributed by atoms with Gasteiger partial charge in [0.1, 0.15) is 0 Å². The van der Waals surface area contributed by atoms with E-state index in [1.807, 2.05) is 54.6 Å². The smallest absolute Gasteiger partial charge is 0.226 e. The van der Waals surface area contributed by atoms with Crippen LogP contribution in [-0.4, -0.2) is 52.9 Å². The summed E-state index contributed by atoms with van der Waals surface area (Å²) in [4.78, 5) is 26.2. The molecule has 3 atom stereocenters. The highest BCUT2D eigenvalue weighted by atomic mass is 17.2. The SMILES string of the molecule is O=C(CC12CCN1CCNC2(O)C1Cc2ccccc2OO1)Nc1ccccc1. The average Bonchev–Trinajstić information content (AvgIpc) is 2.73. The number of amides is 1. The summed E-state index contributed by atoms with van der Waals surface area (Å²) in [5, 5.41) is 18.1. The molecule has 0 saturated carbocycles. The summed E-state index contributed by atoms with van der Waals surface area (Å²) in [6.07, 6.45) is 0.771. The van der Waals surface area contributed by atoms with Gasteiger partial charge in [0, 0.05) is 43.7 Å². The van der Waals surface area contributed by atoms with Crippen LogP contribution in [0.2, 0.25) is 0 Å². The third kappa shape index (κ3) is 3.02. The Balaban J connectivity index is 1.40. The molecule has 7 nitrogen and oxygen atoms in total. The van der Waals surface area contributed by atoms with Gasteiger partial charge in [0.25, 0.3) is 0 Å². The number of nitrogens with zero attached hydrogens (tertiary/aromatic N) is 1. The molecule has 0 bridgehead atoms. The number of hydrogen-bond acceptors (Lipinski definition) is 6. The third-order valence-electron chi connectivity index (χ3n) is 6.49. The van der Waals surface area contributed by atoms with E-state index >= 15 is 0 Å². The number of rotatable bonds is 4. The van der Waals surface area contributed by atoms with Crippen LogP contribution in [-0.2, 0) is 16.1 Å². The molecule has 3 unspecified atom stereocenters. The quantitative estimate of drug-likeness (QED) is 0.684. The summed E-state index contributed by atoms with van der Waals surface area (Å²) >= 11 is 0. The number of anilines is 1. The maximum Gasteiger partial charge on any atom is 0.226 e. The average molecular weight is 395 g/mol. The van der Waals surface area contributed by atoms with E-state index in [1.54, 1.807) is 0 Å². The molecule has 0 aromatic heterocycles. The lowest BCUT2D eigenvalue weighted by Gasteiger charge is -2.64. The maximum atomic E-state index is 12.9. The number of hydrogen-bond donors (Lipinski definition) is 3. The van der Waals surface area contributed by atoms with Crippen LogP contribution in [0.15, 0.2) is 54.6 Å². The van der Waals surface area contributed by atoms with E-state index in [0.717, 1.165) is 24.3 Å². The number of piperazine rings is 1. The summed E-state index contributed by atoms with van der Waals surface area (Å²) in [6, 6.07) is 17.0. The van der Waals surface area contributed by atoms with Crippen LogP contribution < -0.4 is 15.5 Å². The Labute approximate surface area is 169 Å². The molecular weight excluding hydrogens is 370 g/mol. The second-order valence-corrected chi connectivity index (χ2v) is 8.03. The summed E-state index contributed by atoms with van der Waals surface area (Å²) in [7, 11) is 0. The Morgan fingerprint density at radius 1 is 1.17 bits per heavy atom. The molecule has 29 heavy (non-hydrogen) atoms. The minimum absolute atomic E-state index is 0.125. The van der Waals surface area contributed by atoms with E-state index < -0.39 is 17.4 Å². The molecule has 2 aromatic rings. The topological polar surface area (TPSA) is 83.1 Å². The molecule has 3 aliphatic rings. The van der Waals surface area contributed by atoms with E-state index in [4.69, 9.17) is 9.78 Å². The first-order valence-electron chi connectivity index (χ1n) is 10.1. The normalized spacial score (nSPS) is 31.0. The van der Waals surface area contributed by atoms with Gasteiger partial charge in [0.05, 0.1) is 5.54 Å². The Kier molecular flexibility index (Phi) is 4.55. The van der Waals surface area contributed by atoms with Gasteiger partial charge in [-0.25, -0.2) is 0 Å². The Morgan fingerprint density at radius 2 is 1.97 bits per heavy atom. The minimum Gasteiger partial charge on any atom is -0.371 e. The molecule has 3 heterocycles. The van der Waals surface area contributed by atoms with Gasteiger partial charge in [-0.1, -0.05) is 36.4 Å². The molecule has 7 heteroatoms. The van der Waals surface area contributed by atoms with E-state index in [1.165, 1.54) is 0 Å². The lowest BCUT2D eigenvalue weighted by molar-refractivity contribution is -0.339. The predicted octanol–water partition coefficient (Wildman–Crippen LogP) is 1.69. The van der Waals surface area contributed by atoms with Gasteiger partial charge < -0.3 is 15.3 Å². The second kappa shape index (κ2) is 7.11. The maximum absolute atomic E-state index is 12.9. The fourth-order valence-corrected chi connectivity index (χ4v) is 4.90. The van der Waals surface area contributed by atoms with Gasteiger partial charge in [-0.15, -0.1) is 0 Å². The zero-order chi connectivity index (χ0) is 19.9. The summed E-state index contributed by atoms with van der Waals surface area (Å²) in [5.74, 6) is 0.546. The fraction of sp³-hybridized carbons (Fsp3) is 0.409. The van der Waals surface area contributed by atoms with Crippen molar-refractivity contribution in [1.29, 1.82) is 0 Å². The lowest BCUT2D eigenvalue weighted by atomic mass is 9.67. The molecule has 0 spiro atoms. The molecule has 2 saturated heterocycles. The molecule has 1 amide bonds. The molecule has 0 radical (unpaired) electrons. The molecule has 0 aliphatic carbocycles. The number of benzene rings is 2. The minimum atomic E-state index is -1.40. The molecule has 2 aromatic carbocycles. The Bertz CT molecular complexity index is 908. The van der Waals surface area contributed by atoms with Crippen molar-refractivity contribution in [2.24, 2.45) is 0 Å². The first-order chi connectivity index (χ1) is 14.1. The zero-order valence-corrected chi connectivity index (χ0v) is 16.1. The third-order valence-corrected chi connectivity index (χ3v) is 6.49. The number of nitrogens with one attached hydrogen (secondary N) is 2. The summed E-state index contributed by atoms with van der Waals surface area (Å²) in [5.41, 5.74) is -0.396. The van der Waals surface area contributed by atoms with Crippen LogP contribution in [0.1, 0.15) is 18.4 Å². The molecule has 3 aliphatic heterocycles. The molecule has 3 N–H and O–H groups in total. The highest BCUT2D eigenvalue weighted by molar-refractivity contribution is 5.91. The predicted molar refractivity (Wildman–Crippen MR) is 107 cm³/mol. The number of fused-ring (bicyclic) bond motifs is 2. The van der Waals surface area contributed by atoms with E-state index in [-0.39, 0.29) is 12.3 Å². The van der Waals surface area contributed by atoms with Gasteiger partial charge in [0.15, 0.2) is 17.6 Å². The van der Waals surface area contributed by atoms with Crippen LogP contribution in [0.3, 0.4) is 0 Å². The van der Waals surface area contributed by atoms with Crippen molar-refractivity contribution < 1.29 is 19.7 Å². The first-order valence-corrected chi connectivity index (χ1v) is 10.1. The van der Waals surface area contributed by atoms with Crippen molar-refractivity contribution in [2.75, 3.05) is 25.0 Å². The molecule has 152 valence electrons. The zero-order valence-electron chi connectivity index (χ0n) is 16.1. The first kappa shape index (κ1) is 18.6. The summed E-state index contributed by atoms with van der Waals surface area (Å²) in [6.45, 7) is 2.26. The van der Waals surface area contributed by atoms with Crippen molar-refractivity contribution in [3.8, 4) is 5.75 Å². The lowest BCUT2D eigenvalue weighted by Crippen LogP contribution is -2.84. The van der Waals surface area contributed by atoms with Crippen LogP contribution in [0, 0.1) is 0 Å². The number of aliphatic hydroxyl groups is 1. The largest absolute Gasteiger partial charge is 0.371 e. The summed E-state index contributed by atoms with van der Waals surface area (Å²) < 4.78 is 0. The number of para-hydroxylation sites is 2. The van der Waals surface area contributed by atoms with Gasteiger partial charge >= 0.3 is 0 Å². The van der Waals surface area contributed by atoms with E-state index in [0.29, 0.717) is 25.1 Å². The Hall–Kier alpha value is -2.45. The molecule has 2 fully saturated rings. The monoisotopic (exact) mass is 395 g/mol. The van der Waals surface area contributed by atoms with Crippen molar-refractivity contribution in [3.63, 3.8) is 0 Å². The van der Waals surface area contributed by atoms with Crippen molar-refractivity contribution in [2.45, 2.75) is 36.6 Å². The van der Waals surface area contributed by atoms with Gasteiger partial charge in [-0.2, -0.15) is 4.89 Å².